The van der Waals surface area contributed by atoms with Gasteiger partial charge in [-0.3, -0.25) is 4.79 Å². The zero-order chi connectivity index (χ0) is 19.7. The summed E-state index contributed by atoms with van der Waals surface area (Å²) in [7, 11) is 1.83. The van der Waals surface area contributed by atoms with E-state index in [1.807, 2.05) is 50.4 Å². The van der Waals surface area contributed by atoms with Crippen LogP contribution in [0, 0.1) is 13.8 Å². The summed E-state index contributed by atoms with van der Waals surface area (Å²) < 4.78 is 1.73. The summed E-state index contributed by atoms with van der Waals surface area (Å²) in [5, 5.41) is 6.09. The van der Waals surface area contributed by atoms with Crippen LogP contribution in [0.25, 0.3) is 16.6 Å². The van der Waals surface area contributed by atoms with Crippen LogP contribution in [0.3, 0.4) is 0 Å². The number of carbonyl (C=O) groups excluding carboxylic acids is 1. The molecule has 0 radical (unpaired) electrons. The Labute approximate surface area is 167 Å². The van der Waals surface area contributed by atoms with E-state index in [9.17, 15) is 4.79 Å². The summed E-state index contributed by atoms with van der Waals surface area (Å²) in [4.78, 5) is 23.7. The lowest BCUT2D eigenvalue weighted by molar-refractivity contribution is -0.127. The number of aromatic nitrogens is 4. The average Bonchev–Trinajstić information content (AvgIpc) is 3.09. The Kier molecular flexibility index (Phi) is 5.00. The van der Waals surface area contributed by atoms with Gasteiger partial charge in [-0.1, -0.05) is 48.2 Å². The third kappa shape index (κ3) is 3.57. The first-order valence-electron chi connectivity index (χ1n) is 9.06. The van der Waals surface area contributed by atoms with Crippen molar-refractivity contribution in [1.82, 2.24) is 24.5 Å². The van der Waals surface area contributed by atoms with E-state index in [1.54, 1.807) is 9.42 Å². The van der Waals surface area contributed by atoms with Gasteiger partial charge in [-0.2, -0.15) is 4.52 Å². The molecule has 0 bridgehead atoms. The Balaban J connectivity index is 1.54. The molecule has 0 N–H and O–H groups in total. The molecule has 0 saturated carbocycles. The largest absolute Gasteiger partial charge is 0.341 e. The highest BCUT2D eigenvalue weighted by molar-refractivity contribution is 7.99. The Hall–Kier alpha value is -2.93. The normalized spacial score (nSPS) is 11.2. The maximum Gasteiger partial charge on any atom is 0.233 e. The maximum atomic E-state index is 12.7. The van der Waals surface area contributed by atoms with E-state index in [0.29, 0.717) is 23.3 Å². The number of thioether (sulfide) groups is 1. The molecule has 0 spiro atoms. The zero-order valence-corrected chi connectivity index (χ0v) is 16.9. The molecule has 28 heavy (non-hydrogen) atoms. The minimum atomic E-state index is 0.0493. The summed E-state index contributed by atoms with van der Waals surface area (Å²) in [5.41, 5.74) is 3.96. The molecule has 2 aromatic carbocycles. The van der Waals surface area contributed by atoms with Gasteiger partial charge in [-0.15, -0.1) is 5.10 Å². The molecule has 0 aliphatic carbocycles. The van der Waals surface area contributed by atoms with E-state index in [2.05, 4.69) is 29.1 Å². The molecule has 2 aromatic heterocycles. The van der Waals surface area contributed by atoms with E-state index in [-0.39, 0.29) is 5.91 Å². The number of amides is 1. The third-order valence-electron chi connectivity index (χ3n) is 4.67. The number of hydrogen-bond acceptors (Lipinski definition) is 5. The summed E-state index contributed by atoms with van der Waals surface area (Å²) in [6.07, 6.45) is 0. The highest BCUT2D eigenvalue weighted by atomic mass is 32.2. The minimum Gasteiger partial charge on any atom is -0.341 e. The second-order valence-corrected chi connectivity index (χ2v) is 7.71. The number of carbonyl (C=O) groups is 1. The van der Waals surface area contributed by atoms with Gasteiger partial charge >= 0.3 is 0 Å². The Morgan fingerprint density at radius 1 is 1.07 bits per heavy atom. The van der Waals surface area contributed by atoms with Gasteiger partial charge in [0.05, 0.1) is 11.3 Å². The van der Waals surface area contributed by atoms with Crippen LogP contribution in [-0.2, 0) is 11.3 Å². The van der Waals surface area contributed by atoms with Gasteiger partial charge in [-0.25, -0.2) is 9.97 Å². The maximum absolute atomic E-state index is 12.7. The van der Waals surface area contributed by atoms with Crippen LogP contribution in [0.15, 0.2) is 53.7 Å². The smallest absolute Gasteiger partial charge is 0.233 e. The Bertz CT molecular complexity index is 1170. The van der Waals surface area contributed by atoms with E-state index in [0.717, 1.165) is 22.1 Å². The monoisotopic (exact) mass is 391 g/mol. The standard InChI is InChI=1S/C21H21N5OS/c1-14-8-4-5-9-16(14)12-25(3)19(27)13-28-21-23-18-11-7-6-10-17(18)20-22-15(2)24-26(20)21/h4-11H,12-13H2,1-3H3. The fourth-order valence-corrected chi connectivity index (χ4v) is 3.98. The molecule has 7 heteroatoms. The third-order valence-corrected chi connectivity index (χ3v) is 5.59. The molecule has 4 rings (SSSR count). The minimum absolute atomic E-state index is 0.0493. The highest BCUT2D eigenvalue weighted by Gasteiger charge is 2.16. The fourth-order valence-electron chi connectivity index (χ4n) is 3.09. The van der Waals surface area contributed by atoms with E-state index in [4.69, 9.17) is 4.98 Å². The van der Waals surface area contributed by atoms with Crippen LogP contribution in [-0.4, -0.2) is 43.2 Å². The van der Waals surface area contributed by atoms with Crippen molar-refractivity contribution >= 4 is 34.2 Å². The van der Waals surface area contributed by atoms with Crippen LogP contribution < -0.4 is 0 Å². The lowest BCUT2D eigenvalue weighted by atomic mass is 10.1. The van der Waals surface area contributed by atoms with Crippen LogP contribution in [0.1, 0.15) is 17.0 Å². The number of rotatable bonds is 5. The second-order valence-electron chi connectivity index (χ2n) is 6.77. The first-order valence-corrected chi connectivity index (χ1v) is 10.0. The predicted octanol–water partition coefficient (Wildman–Crippen LogP) is 3.65. The molecule has 0 aliphatic rings. The van der Waals surface area contributed by atoms with Gasteiger partial charge in [0.1, 0.15) is 5.82 Å². The summed E-state index contributed by atoms with van der Waals surface area (Å²) in [6.45, 7) is 4.51. The molecule has 0 aliphatic heterocycles. The molecule has 4 aromatic rings. The topological polar surface area (TPSA) is 63.4 Å². The van der Waals surface area contributed by atoms with E-state index in [1.165, 1.54) is 17.3 Å². The number of aryl methyl sites for hydroxylation is 2. The molecule has 1 amide bonds. The summed E-state index contributed by atoms with van der Waals surface area (Å²) in [5.74, 6) is 1.03. The first kappa shape index (κ1) is 18.4. The molecule has 142 valence electrons. The summed E-state index contributed by atoms with van der Waals surface area (Å²) in [6, 6.07) is 16.0. The molecule has 6 nitrogen and oxygen atoms in total. The van der Waals surface area contributed by atoms with Gasteiger partial charge in [-0.05, 0) is 37.1 Å². The molecular formula is C21H21N5OS. The van der Waals surface area contributed by atoms with Crippen LogP contribution in [0.2, 0.25) is 0 Å². The van der Waals surface area contributed by atoms with Crippen molar-refractivity contribution in [1.29, 1.82) is 0 Å². The number of benzene rings is 2. The van der Waals surface area contributed by atoms with Gasteiger partial charge < -0.3 is 4.90 Å². The first-order chi connectivity index (χ1) is 13.5. The van der Waals surface area contributed by atoms with Gasteiger partial charge in [0, 0.05) is 19.0 Å². The van der Waals surface area contributed by atoms with Crippen LogP contribution in [0.4, 0.5) is 0 Å². The zero-order valence-electron chi connectivity index (χ0n) is 16.1. The molecule has 0 fully saturated rings. The van der Waals surface area contributed by atoms with Crippen LogP contribution >= 0.6 is 11.8 Å². The molecule has 0 atom stereocenters. The Morgan fingerprint density at radius 2 is 1.82 bits per heavy atom. The lowest BCUT2D eigenvalue weighted by Crippen LogP contribution is -2.28. The Morgan fingerprint density at radius 3 is 2.64 bits per heavy atom. The number of fused-ring (bicyclic) bond motifs is 3. The molecule has 0 unspecified atom stereocenters. The van der Waals surface area contributed by atoms with Crippen molar-refractivity contribution < 1.29 is 4.79 Å². The number of para-hydroxylation sites is 1. The lowest BCUT2D eigenvalue weighted by Gasteiger charge is -2.18. The van der Waals surface area contributed by atoms with Crippen molar-refractivity contribution in [3.63, 3.8) is 0 Å². The van der Waals surface area contributed by atoms with Crippen molar-refractivity contribution in [2.24, 2.45) is 0 Å². The highest BCUT2D eigenvalue weighted by Crippen LogP contribution is 2.24. The SMILES string of the molecule is Cc1nc2c3ccccc3nc(SCC(=O)N(C)Cc3ccccc3C)n2n1. The van der Waals surface area contributed by atoms with Gasteiger partial charge in [0.25, 0.3) is 0 Å². The predicted molar refractivity (Wildman–Crippen MR) is 111 cm³/mol. The second kappa shape index (κ2) is 7.59. The fraction of sp³-hybridized carbons (Fsp3) is 0.238. The van der Waals surface area contributed by atoms with Crippen molar-refractivity contribution in [2.75, 3.05) is 12.8 Å². The molecule has 2 heterocycles. The van der Waals surface area contributed by atoms with Gasteiger partial charge in [0.2, 0.25) is 5.91 Å². The van der Waals surface area contributed by atoms with Crippen LogP contribution in [0.5, 0.6) is 0 Å². The molecular weight excluding hydrogens is 370 g/mol. The number of hydrogen-bond donors (Lipinski definition) is 0. The van der Waals surface area contributed by atoms with E-state index < -0.39 is 0 Å². The number of nitrogens with zero attached hydrogens (tertiary/aromatic N) is 5. The quantitative estimate of drug-likeness (QED) is 0.384. The van der Waals surface area contributed by atoms with Crippen molar-refractivity contribution in [2.45, 2.75) is 25.5 Å². The summed E-state index contributed by atoms with van der Waals surface area (Å²) >= 11 is 1.39. The molecule has 0 saturated heterocycles. The van der Waals surface area contributed by atoms with Crippen molar-refractivity contribution in [3.8, 4) is 0 Å². The average molecular weight is 392 g/mol. The van der Waals surface area contributed by atoms with E-state index >= 15 is 0 Å². The van der Waals surface area contributed by atoms with Crippen molar-refractivity contribution in [3.05, 3.63) is 65.5 Å². The van der Waals surface area contributed by atoms with Gasteiger partial charge in [0.15, 0.2) is 10.8 Å².